The molecule has 190 valence electrons. The fourth-order valence-corrected chi connectivity index (χ4v) is 4.41. The van der Waals surface area contributed by atoms with E-state index in [1.54, 1.807) is 18.9 Å². The molecule has 0 atom stereocenters. The summed E-state index contributed by atoms with van der Waals surface area (Å²) in [6, 6.07) is 18.2. The van der Waals surface area contributed by atoms with Gasteiger partial charge < -0.3 is 18.8 Å². The summed E-state index contributed by atoms with van der Waals surface area (Å²) in [4.78, 5) is 33.5. The zero-order valence-corrected chi connectivity index (χ0v) is 20.9. The number of rotatable bonds is 10. The molecule has 1 fully saturated rings. The fraction of sp³-hybridized carbons (Fsp3) is 0.393. The molecular formula is C28H33N3O5. The van der Waals surface area contributed by atoms with Crippen LogP contribution in [-0.4, -0.2) is 53.5 Å². The van der Waals surface area contributed by atoms with E-state index in [0.29, 0.717) is 63.8 Å². The van der Waals surface area contributed by atoms with Crippen molar-refractivity contribution in [2.24, 2.45) is 5.92 Å². The highest BCUT2D eigenvalue weighted by molar-refractivity contribution is 5.92. The molecule has 1 amide bonds. The van der Waals surface area contributed by atoms with E-state index in [0.717, 1.165) is 11.3 Å². The number of benzene rings is 2. The summed E-state index contributed by atoms with van der Waals surface area (Å²) in [5, 5.41) is 0. The van der Waals surface area contributed by atoms with Crippen LogP contribution in [0.2, 0.25) is 0 Å². The number of nitrogens with zero attached hydrogens (tertiary/aromatic N) is 3. The number of oxazole rings is 1. The van der Waals surface area contributed by atoms with E-state index >= 15 is 0 Å². The van der Waals surface area contributed by atoms with Gasteiger partial charge in [-0.05, 0) is 43.0 Å². The Morgan fingerprint density at radius 2 is 1.67 bits per heavy atom. The van der Waals surface area contributed by atoms with Gasteiger partial charge in [0.15, 0.2) is 5.69 Å². The average molecular weight is 492 g/mol. The van der Waals surface area contributed by atoms with Gasteiger partial charge in [-0.25, -0.2) is 4.98 Å². The molecule has 1 aromatic heterocycles. The van der Waals surface area contributed by atoms with Crippen molar-refractivity contribution in [3.8, 4) is 5.75 Å². The first kappa shape index (κ1) is 25.4. The molecule has 8 heteroatoms. The first-order chi connectivity index (χ1) is 17.6. The molecule has 2 heterocycles. The molecule has 1 aliphatic rings. The molecule has 1 saturated heterocycles. The van der Waals surface area contributed by atoms with Crippen molar-refractivity contribution in [3.63, 3.8) is 0 Å². The number of hydrogen-bond donors (Lipinski definition) is 0. The van der Waals surface area contributed by atoms with Crippen LogP contribution in [0, 0.1) is 5.92 Å². The van der Waals surface area contributed by atoms with Gasteiger partial charge in [0.25, 0.3) is 5.91 Å². The number of methoxy groups -OCH3 is 1. The van der Waals surface area contributed by atoms with E-state index in [9.17, 15) is 9.59 Å². The Hall–Kier alpha value is -3.65. The Morgan fingerprint density at radius 1 is 1.00 bits per heavy atom. The van der Waals surface area contributed by atoms with Gasteiger partial charge >= 0.3 is 5.97 Å². The van der Waals surface area contributed by atoms with E-state index in [1.807, 2.05) is 42.5 Å². The molecule has 3 aromatic rings. The van der Waals surface area contributed by atoms with E-state index in [1.165, 1.54) is 11.8 Å². The van der Waals surface area contributed by atoms with Crippen LogP contribution in [0.25, 0.3) is 0 Å². The second-order valence-corrected chi connectivity index (χ2v) is 8.92. The Labute approximate surface area is 211 Å². The highest BCUT2D eigenvalue weighted by Crippen LogP contribution is 2.21. The highest BCUT2D eigenvalue weighted by Gasteiger charge is 2.30. The van der Waals surface area contributed by atoms with Crippen LogP contribution in [0.5, 0.6) is 5.75 Å². The lowest BCUT2D eigenvalue weighted by Gasteiger charge is -2.30. The molecule has 1 aliphatic heterocycles. The Kier molecular flexibility index (Phi) is 8.73. The van der Waals surface area contributed by atoms with Crippen LogP contribution in [-0.2, 0) is 29.2 Å². The summed E-state index contributed by atoms with van der Waals surface area (Å²) < 4.78 is 16.1. The van der Waals surface area contributed by atoms with Crippen molar-refractivity contribution in [2.75, 3.05) is 26.8 Å². The van der Waals surface area contributed by atoms with Gasteiger partial charge in [-0.1, -0.05) is 42.5 Å². The SMILES string of the molecule is CCOC(=O)C1CCN(C(=O)c2coc(CN(Cc3ccccc3)Cc3ccc(OC)cc3)n2)CC1. The van der Waals surface area contributed by atoms with E-state index < -0.39 is 0 Å². The maximum Gasteiger partial charge on any atom is 0.309 e. The van der Waals surface area contributed by atoms with Gasteiger partial charge in [0, 0.05) is 26.2 Å². The second-order valence-electron chi connectivity index (χ2n) is 8.92. The minimum atomic E-state index is -0.177. The van der Waals surface area contributed by atoms with Crippen molar-refractivity contribution in [1.82, 2.24) is 14.8 Å². The van der Waals surface area contributed by atoms with Crippen LogP contribution in [0.15, 0.2) is 65.3 Å². The minimum Gasteiger partial charge on any atom is -0.497 e. The number of esters is 1. The minimum absolute atomic E-state index is 0.147. The lowest BCUT2D eigenvalue weighted by molar-refractivity contribution is -0.149. The van der Waals surface area contributed by atoms with Crippen molar-refractivity contribution in [1.29, 1.82) is 0 Å². The third-order valence-electron chi connectivity index (χ3n) is 6.35. The Balaban J connectivity index is 1.40. The molecule has 0 spiro atoms. The topological polar surface area (TPSA) is 85.1 Å². The van der Waals surface area contributed by atoms with Gasteiger partial charge in [0.2, 0.25) is 5.89 Å². The standard InChI is InChI=1S/C28H33N3O5/c1-3-35-28(33)23-13-15-31(16-14-23)27(32)25-20-36-26(29-25)19-30(17-21-7-5-4-6-8-21)18-22-9-11-24(34-2)12-10-22/h4-12,20,23H,3,13-19H2,1-2H3. The fourth-order valence-electron chi connectivity index (χ4n) is 4.41. The van der Waals surface area contributed by atoms with Gasteiger partial charge in [0.1, 0.15) is 12.0 Å². The second kappa shape index (κ2) is 12.4. The zero-order valence-electron chi connectivity index (χ0n) is 20.9. The maximum absolute atomic E-state index is 13.0. The van der Waals surface area contributed by atoms with Crippen LogP contribution >= 0.6 is 0 Å². The smallest absolute Gasteiger partial charge is 0.309 e. The summed E-state index contributed by atoms with van der Waals surface area (Å²) >= 11 is 0. The summed E-state index contributed by atoms with van der Waals surface area (Å²) in [6.07, 6.45) is 2.63. The molecule has 0 aliphatic carbocycles. The number of amides is 1. The van der Waals surface area contributed by atoms with Gasteiger partial charge in [-0.15, -0.1) is 0 Å². The van der Waals surface area contributed by atoms with Gasteiger partial charge in [-0.3, -0.25) is 14.5 Å². The molecule has 2 aromatic carbocycles. The number of carbonyl (C=O) groups is 2. The largest absolute Gasteiger partial charge is 0.497 e. The highest BCUT2D eigenvalue weighted by atomic mass is 16.5. The normalized spacial score (nSPS) is 14.1. The molecule has 36 heavy (non-hydrogen) atoms. The molecule has 0 saturated carbocycles. The van der Waals surface area contributed by atoms with Crippen molar-refractivity contribution < 1.29 is 23.5 Å². The van der Waals surface area contributed by atoms with Crippen molar-refractivity contribution in [3.05, 3.63) is 83.6 Å². The first-order valence-electron chi connectivity index (χ1n) is 12.3. The number of ether oxygens (including phenoxy) is 2. The van der Waals surface area contributed by atoms with Crippen LogP contribution < -0.4 is 4.74 Å². The van der Waals surface area contributed by atoms with Crippen LogP contribution in [0.3, 0.4) is 0 Å². The molecular weight excluding hydrogens is 458 g/mol. The van der Waals surface area contributed by atoms with Crippen LogP contribution in [0.4, 0.5) is 0 Å². The summed E-state index contributed by atoms with van der Waals surface area (Å²) in [5.74, 6) is 0.812. The van der Waals surface area contributed by atoms with Crippen molar-refractivity contribution in [2.45, 2.75) is 39.4 Å². The van der Waals surface area contributed by atoms with Gasteiger partial charge in [-0.2, -0.15) is 0 Å². The third kappa shape index (κ3) is 6.73. The molecule has 0 N–H and O–H groups in total. The maximum atomic E-state index is 13.0. The van der Waals surface area contributed by atoms with E-state index in [2.05, 4.69) is 22.0 Å². The average Bonchev–Trinajstić information content (AvgIpc) is 3.38. The molecule has 4 rings (SSSR count). The Bertz CT molecular complexity index is 1120. The van der Waals surface area contributed by atoms with Crippen LogP contribution in [0.1, 0.15) is 47.3 Å². The molecule has 0 radical (unpaired) electrons. The summed E-state index contributed by atoms with van der Waals surface area (Å²) in [6.45, 7) is 5.03. The lowest BCUT2D eigenvalue weighted by Crippen LogP contribution is -2.40. The van der Waals surface area contributed by atoms with Crippen molar-refractivity contribution >= 4 is 11.9 Å². The molecule has 0 unspecified atom stereocenters. The predicted octanol–water partition coefficient (Wildman–Crippen LogP) is 4.30. The summed E-state index contributed by atoms with van der Waals surface area (Å²) in [5.41, 5.74) is 2.61. The number of carbonyl (C=O) groups excluding carboxylic acids is 2. The predicted molar refractivity (Wildman–Crippen MR) is 134 cm³/mol. The molecule has 0 bridgehead atoms. The van der Waals surface area contributed by atoms with Gasteiger partial charge in [0.05, 0.1) is 26.2 Å². The number of piperidine rings is 1. The Morgan fingerprint density at radius 3 is 2.31 bits per heavy atom. The number of likely N-dealkylation sites (tertiary alicyclic amines) is 1. The first-order valence-corrected chi connectivity index (χ1v) is 12.3. The monoisotopic (exact) mass is 491 g/mol. The van der Waals surface area contributed by atoms with E-state index in [-0.39, 0.29) is 17.8 Å². The molecule has 8 nitrogen and oxygen atoms in total. The third-order valence-corrected chi connectivity index (χ3v) is 6.35. The number of hydrogen-bond acceptors (Lipinski definition) is 7. The number of aromatic nitrogens is 1. The van der Waals surface area contributed by atoms with E-state index in [4.69, 9.17) is 13.9 Å². The summed E-state index contributed by atoms with van der Waals surface area (Å²) in [7, 11) is 1.65. The zero-order chi connectivity index (χ0) is 25.3. The quantitative estimate of drug-likeness (QED) is 0.391. The lowest BCUT2D eigenvalue weighted by atomic mass is 9.97.